The average Bonchev–Trinajstić information content (AvgIpc) is 3.53. The van der Waals surface area contributed by atoms with Crippen molar-refractivity contribution in [2.75, 3.05) is 4.90 Å². The molecular weight excluding hydrogens is 590 g/mol. The van der Waals surface area contributed by atoms with Gasteiger partial charge in [0.25, 0.3) is 0 Å². The summed E-state index contributed by atoms with van der Waals surface area (Å²) in [7, 11) is 0. The first-order valence-electron chi connectivity index (χ1n) is 15.8. The Hall–Kier alpha value is -6.66. The molecule has 0 saturated carbocycles. The fourth-order valence-electron chi connectivity index (χ4n) is 6.31. The van der Waals surface area contributed by atoms with Crippen LogP contribution in [-0.2, 0) is 0 Å². The predicted octanol–water partition coefficient (Wildman–Crippen LogP) is 10.8. The van der Waals surface area contributed by atoms with E-state index in [0.717, 1.165) is 72.6 Å². The summed E-state index contributed by atoms with van der Waals surface area (Å²) in [4.78, 5) is 20.3. The van der Waals surface area contributed by atoms with Crippen LogP contribution in [0.3, 0.4) is 0 Å². The number of hydrogen-bond acceptors (Lipinski definition) is 6. The van der Waals surface area contributed by atoms with Crippen LogP contribution in [0.15, 0.2) is 169 Å². The molecule has 4 aromatic carbocycles. The van der Waals surface area contributed by atoms with E-state index in [1.54, 1.807) is 12.4 Å². The molecule has 0 aliphatic carbocycles. The van der Waals surface area contributed by atoms with Gasteiger partial charge in [-0.25, -0.2) is 0 Å². The van der Waals surface area contributed by atoms with Crippen LogP contribution in [0.1, 0.15) is 0 Å². The first-order chi connectivity index (χ1) is 23.8. The first kappa shape index (κ1) is 27.6. The third-order valence-corrected chi connectivity index (χ3v) is 8.72. The molecule has 0 aliphatic heterocycles. The van der Waals surface area contributed by atoms with Crippen LogP contribution in [-0.4, -0.2) is 19.9 Å². The summed E-state index contributed by atoms with van der Waals surface area (Å²) in [5, 5.41) is 4.59. The van der Waals surface area contributed by atoms with E-state index in [9.17, 15) is 0 Å². The number of benzene rings is 4. The lowest BCUT2D eigenvalue weighted by atomic mass is 10.00. The average molecular weight is 618 g/mol. The van der Waals surface area contributed by atoms with Gasteiger partial charge in [-0.05, 0) is 101 Å². The minimum Gasteiger partial charge on any atom is -0.456 e. The topological polar surface area (TPSA) is 67.9 Å². The number of aromatic nitrogens is 4. The molecule has 0 amide bonds. The third-order valence-electron chi connectivity index (χ3n) is 8.72. The monoisotopic (exact) mass is 617 g/mol. The van der Waals surface area contributed by atoms with E-state index in [1.807, 2.05) is 61.2 Å². The molecule has 0 atom stereocenters. The smallest absolute Gasteiger partial charge is 0.137 e. The highest BCUT2D eigenvalue weighted by atomic mass is 16.3. The van der Waals surface area contributed by atoms with Crippen molar-refractivity contribution in [1.82, 2.24) is 19.9 Å². The molecule has 0 bridgehead atoms. The normalized spacial score (nSPS) is 11.3. The lowest BCUT2D eigenvalue weighted by Gasteiger charge is -2.25. The number of rotatable bonds is 6. The second kappa shape index (κ2) is 11.6. The van der Waals surface area contributed by atoms with Crippen LogP contribution in [0.25, 0.3) is 66.4 Å². The van der Waals surface area contributed by atoms with Gasteiger partial charge in [0, 0.05) is 58.4 Å². The summed E-state index contributed by atoms with van der Waals surface area (Å²) in [5.41, 5.74) is 10.3. The Balaban J connectivity index is 1.13. The zero-order valence-electron chi connectivity index (χ0n) is 25.7. The highest BCUT2D eigenvalue weighted by Gasteiger charge is 2.17. The van der Waals surface area contributed by atoms with Gasteiger partial charge in [0.15, 0.2) is 0 Å². The van der Waals surface area contributed by atoms with Crippen molar-refractivity contribution in [1.29, 1.82) is 0 Å². The van der Waals surface area contributed by atoms with Gasteiger partial charge in [0.1, 0.15) is 11.2 Å². The van der Waals surface area contributed by atoms with Crippen molar-refractivity contribution in [3.05, 3.63) is 165 Å². The van der Waals surface area contributed by atoms with E-state index in [4.69, 9.17) is 14.4 Å². The number of fused-ring (bicyclic) bond motifs is 4. The highest BCUT2D eigenvalue weighted by Crippen LogP contribution is 2.39. The van der Waals surface area contributed by atoms with E-state index in [-0.39, 0.29) is 0 Å². The molecule has 9 rings (SSSR count). The molecule has 0 radical (unpaired) electrons. The van der Waals surface area contributed by atoms with Crippen molar-refractivity contribution in [2.45, 2.75) is 0 Å². The number of pyridine rings is 4. The molecule has 6 heteroatoms. The number of furan rings is 1. The van der Waals surface area contributed by atoms with E-state index in [1.165, 1.54) is 10.8 Å². The molecular formula is C42H27N5O. The Morgan fingerprint density at radius 3 is 1.62 bits per heavy atom. The Bertz CT molecular complexity index is 2460. The predicted molar refractivity (Wildman–Crippen MR) is 193 cm³/mol. The molecule has 48 heavy (non-hydrogen) atoms. The maximum absolute atomic E-state index is 6.55. The maximum atomic E-state index is 6.55. The largest absolute Gasteiger partial charge is 0.456 e. The summed E-state index contributed by atoms with van der Waals surface area (Å²) in [5.74, 6) is 0. The molecule has 0 unspecified atom stereocenters. The van der Waals surface area contributed by atoms with Gasteiger partial charge in [-0.1, -0.05) is 42.5 Å². The molecule has 6 nitrogen and oxygen atoms in total. The number of anilines is 3. The molecule has 0 fully saturated rings. The number of hydrogen-bond donors (Lipinski definition) is 0. The second-order valence-electron chi connectivity index (χ2n) is 11.7. The fourth-order valence-corrected chi connectivity index (χ4v) is 6.31. The summed E-state index contributed by atoms with van der Waals surface area (Å²) < 4.78 is 6.55. The fraction of sp³-hybridized carbons (Fsp3) is 0. The lowest BCUT2D eigenvalue weighted by Crippen LogP contribution is -2.10. The van der Waals surface area contributed by atoms with Crippen LogP contribution in [0.5, 0.6) is 0 Å². The Kier molecular flexibility index (Phi) is 6.68. The summed E-state index contributed by atoms with van der Waals surface area (Å²) >= 11 is 0. The minimum atomic E-state index is 0.808. The Labute approximate surface area is 276 Å². The van der Waals surface area contributed by atoms with E-state index < -0.39 is 0 Å². The quantitative estimate of drug-likeness (QED) is 0.185. The molecule has 0 spiro atoms. The van der Waals surface area contributed by atoms with Crippen LogP contribution >= 0.6 is 0 Å². The van der Waals surface area contributed by atoms with Gasteiger partial charge in [-0.2, -0.15) is 0 Å². The van der Waals surface area contributed by atoms with Crippen molar-refractivity contribution in [2.24, 2.45) is 0 Å². The Morgan fingerprint density at radius 1 is 0.417 bits per heavy atom. The van der Waals surface area contributed by atoms with E-state index in [0.29, 0.717) is 0 Å². The van der Waals surface area contributed by atoms with Crippen LogP contribution in [0, 0.1) is 0 Å². The van der Waals surface area contributed by atoms with Crippen molar-refractivity contribution in [3.63, 3.8) is 0 Å². The molecule has 5 aromatic heterocycles. The number of nitrogens with zero attached hydrogens (tertiary/aromatic N) is 5. The van der Waals surface area contributed by atoms with Gasteiger partial charge in [-0.15, -0.1) is 0 Å². The van der Waals surface area contributed by atoms with Crippen molar-refractivity contribution >= 4 is 49.8 Å². The zero-order chi connectivity index (χ0) is 31.9. The van der Waals surface area contributed by atoms with Gasteiger partial charge in [0.05, 0.1) is 35.2 Å². The summed E-state index contributed by atoms with van der Waals surface area (Å²) in [6.07, 6.45) is 10.9. The second-order valence-corrected chi connectivity index (χ2v) is 11.7. The van der Waals surface area contributed by atoms with Crippen LogP contribution < -0.4 is 4.90 Å². The lowest BCUT2D eigenvalue weighted by molar-refractivity contribution is 0.669. The third kappa shape index (κ3) is 5.02. The van der Waals surface area contributed by atoms with Gasteiger partial charge >= 0.3 is 0 Å². The van der Waals surface area contributed by atoms with Gasteiger partial charge in [-0.3, -0.25) is 19.9 Å². The van der Waals surface area contributed by atoms with Crippen LogP contribution in [0.2, 0.25) is 0 Å². The summed E-state index contributed by atoms with van der Waals surface area (Å²) in [6.45, 7) is 0. The minimum absolute atomic E-state index is 0.808. The van der Waals surface area contributed by atoms with Crippen LogP contribution in [0.4, 0.5) is 17.1 Å². The molecule has 0 saturated heterocycles. The first-order valence-corrected chi connectivity index (χ1v) is 15.8. The molecule has 0 N–H and O–H groups in total. The SMILES string of the molecule is c1cncc(-c2ccc(N(c3ccc(-c4cccnc4)nc3)c3ccc4c(c3)oc3cc(-c5ccc6ccccc6c5)ccc34)cn2)c1. The van der Waals surface area contributed by atoms with E-state index >= 15 is 0 Å². The molecule has 0 aliphatic rings. The standard InChI is InChI=1S/C42H27N5O/c1-2-6-29-21-30(10-9-28(29)5-1)31-11-15-37-38-16-12-34(23-42(38)48-41(37)22-31)47(35-13-17-39(45-26-35)32-7-3-19-43-24-32)36-14-18-40(46-27-36)33-8-4-20-44-25-33/h1-27H. The van der Waals surface area contributed by atoms with E-state index in [2.05, 4.69) is 106 Å². The Morgan fingerprint density at radius 2 is 1.00 bits per heavy atom. The summed E-state index contributed by atoms with van der Waals surface area (Å²) in [6, 6.07) is 43.9. The zero-order valence-corrected chi connectivity index (χ0v) is 25.7. The maximum Gasteiger partial charge on any atom is 0.137 e. The van der Waals surface area contributed by atoms with Crippen molar-refractivity contribution in [3.8, 4) is 33.6 Å². The van der Waals surface area contributed by atoms with Gasteiger partial charge < -0.3 is 9.32 Å². The molecule has 9 aromatic rings. The van der Waals surface area contributed by atoms with Crippen molar-refractivity contribution < 1.29 is 4.42 Å². The molecule has 5 heterocycles. The molecule has 226 valence electrons. The van der Waals surface area contributed by atoms with Gasteiger partial charge in [0.2, 0.25) is 0 Å². The highest BCUT2D eigenvalue weighted by molar-refractivity contribution is 6.07.